The molecule has 142 valence electrons. The standard InChI is InChI=1S/C22H28N4O/c1-5-15(6-2)23-21-16-11-9-12-18(16)24-22-20(14(3)25-26(21)22)17-10-7-8-13-19(17)27-4/h7-8,10,13,15,23H,5-6,9,11-12H2,1-4H3. The van der Waals surface area contributed by atoms with Crippen molar-refractivity contribution in [2.45, 2.75) is 58.9 Å². The fourth-order valence-electron chi connectivity index (χ4n) is 4.14. The van der Waals surface area contributed by atoms with Gasteiger partial charge in [0.2, 0.25) is 0 Å². The molecule has 0 radical (unpaired) electrons. The summed E-state index contributed by atoms with van der Waals surface area (Å²) in [6, 6.07) is 8.56. The first kappa shape index (κ1) is 17.8. The van der Waals surface area contributed by atoms with E-state index in [-0.39, 0.29) is 0 Å². The van der Waals surface area contributed by atoms with Crippen LogP contribution < -0.4 is 10.1 Å². The quantitative estimate of drug-likeness (QED) is 0.682. The summed E-state index contributed by atoms with van der Waals surface area (Å²) in [6.07, 6.45) is 5.46. The molecule has 1 aliphatic rings. The fraction of sp³-hybridized carbons (Fsp3) is 0.455. The third-order valence-electron chi connectivity index (χ3n) is 5.67. The predicted octanol–water partition coefficient (Wildman–Crippen LogP) is 4.80. The molecule has 4 rings (SSSR count). The van der Waals surface area contributed by atoms with Crippen LogP contribution in [0.4, 0.5) is 5.82 Å². The van der Waals surface area contributed by atoms with Gasteiger partial charge in [0.15, 0.2) is 5.65 Å². The fourth-order valence-corrected chi connectivity index (χ4v) is 4.14. The van der Waals surface area contributed by atoms with E-state index in [1.54, 1.807) is 7.11 Å². The Kier molecular flexibility index (Phi) is 4.77. The number of para-hydroxylation sites is 1. The smallest absolute Gasteiger partial charge is 0.165 e. The van der Waals surface area contributed by atoms with E-state index in [4.69, 9.17) is 14.8 Å². The van der Waals surface area contributed by atoms with E-state index < -0.39 is 0 Å². The van der Waals surface area contributed by atoms with Gasteiger partial charge in [-0.3, -0.25) is 0 Å². The van der Waals surface area contributed by atoms with Gasteiger partial charge in [-0.25, -0.2) is 4.98 Å². The number of fused-ring (bicyclic) bond motifs is 2. The van der Waals surface area contributed by atoms with Gasteiger partial charge >= 0.3 is 0 Å². The third-order valence-corrected chi connectivity index (χ3v) is 5.67. The van der Waals surface area contributed by atoms with Crippen LogP contribution in [-0.4, -0.2) is 27.7 Å². The summed E-state index contributed by atoms with van der Waals surface area (Å²) in [5.41, 5.74) is 6.56. The van der Waals surface area contributed by atoms with Crippen LogP contribution in [0.3, 0.4) is 0 Å². The Morgan fingerprint density at radius 2 is 1.96 bits per heavy atom. The number of hydrogen-bond donors (Lipinski definition) is 1. The van der Waals surface area contributed by atoms with Crippen molar-refractivity contribution in [2.75, 3.05) is 12.4 Å². The van der Waals surface area contributed by atoms with Crippen molar-refractivity contribution >= 4 is 11.5 Å². The number of ether oxygens (including phenoxy) is 1. The minimum absolute atomic E-state index is 0.444. The van der Waals surface area contributed by atoms with Crippen molar-refractivity contribution in [3.8, 4) is 16.9 Å². The Morgan fingerprint density at radius 1 is 1.19 bits per heavy atom. The van der Waals surface area contributed by atoms with Gasteiger partial charge in [-0.1, -0.05) is 32.0 Å². The summed E-state index contributed by atoms with van der Waals surface area (Å²) < 4.78 is 7.64. The molecule has 27 heavy (non-hydrogen) atoms. The van der Waals surface area contributed by atoms with Crippen LogP contribution in [0.1, 0.15) is 50.1 Å². The van der Waals surface area contributed by atoms with Crippen molar-refractivity contribution in [3.05, 3.63) is 41.2 Å². The molecule has 1 aliphatic carbocycles. The lowest BCUT2D eigenvalue weighted by Gasteiger charge is -2.20. The van der Waals surface area contributed by atoms with Crippen LogP contribution in [0.15, 0.2) is 24.3 Å². The van der Waals surface area contributed by atoms with E-state index in [1.165, 1.54) is 11.3 Å². The van der Waals surface area contributed by atoms with Crippen LogP contribution in [-0.2, 0) is 12.8 Å². The van der Waals surface area contributed by atoms with Crippen LogP contribution in [0, 0.1) is 6.92 Å². The Labute approximate surface area is 160 Å². The molecule has 0 amide bonds. The van der Waals surface area contributed by atoms with Crippen molar-refractivity contribution < 1.29 is 4.74 Å². The minimum atomic E-state index is 0.444. The molecular formula is C22H28N4O. The van der Waals surface area contributed by atoms with E-state index in [0.29, 0.717) is 6.04 Å². The van der Waals surface area contributed by atoms with Gasteiger partial charge < -0.3 is 10.1 Å². The van der Waals surface area contributed by atoms with Gasteiger partial charge in [0.05, 0.1) is 18.4 Å². The van der Waals surface area contributed by atoms with E-state index in [2.05, 4.69) is 32.2 Å². The zero-order chi connectivity index (χ0) is 19.0. The monoisotopic (exact) mass is 364 g/mol. The summed E-state index contributed by atoms with van der Waals surface area (Å²) in [7, 11) is 1.71. The molecule has 5 nitrogen and oxygen atoms in total. The average molecular weight is 364 g/mol. The van der Waals surface area contributed by atoms with Gasteiger partial charge in [-0.2, -0.15) is 9.61 Å². The summed E-state index contributed by atoms with van der Waals surface area (Å²) in [5, 5.41) is 8.67. The minimum Gasteiger partial charge on any atom is -0.496 e. The first-order valence-electron chi connectivity index (χ1n) is 9.98. The highest BCUT2D eigenvalue weighted by Gasteiger charge is 2.25. The zero-order valence-corrected chi connectivity index (χ0v) is 16.7. The van der Waals surface area contributed by atoms with Crippen molar-refractivity contribution in [2.24, 2.45) is 0 Å². The molecule has 1 N–H and O–H groups in total. The Balaban J connectivity index is 1.97. The molecule has 0 aliphatic heterocycles. The van der Waals surface area contributed by atoms with Crippen molar-refractivity contribution in [1.29, 1.82) is 0 Å². The number of aryl methyl sites for hydroxylation is 2. The molecule has 1 aromatic carbocycles. The number of nitrogens with zero attached hydrogens (tertiary/aromatic N) is 3. The molecule has 3 aromatic rings. The van der Waals surface area contributed by atoms with E-state index in [9.17, 15) is 0 Å². The number of rotatable bonds is 6. The molecule has 0 fully saturated rings. The second-order valence-corrected chi connectivity index (χ2v) is 7.29. The van der Waals surface area contributed by atoms with Crippen molar-refractivity contribution in [3.63, 3.8) is 0 Å². The van der Waals surface area contributed by atoms with E-state index >= 15 is 0 Å². The Morgan fingerprint density at radius 3 is 2.70 bits per heavy atom. The number of nitrogens with one attached hydrogen (secondary N) is 1. The number of benzene rings is 1. The molecule has 0 atom stereocenters. The van der Waals surface area contributed by atoms with Crippen LogP contribution in [0.2, 0.25) is 0 Å². The molecule has 2 heterocycles. The summed E-state index contributed by atoms with van der Waals surface area (Å²) in [4.78, 5) is 5.05. The highest BCUT2D eigenvalue weighted by Crippen LogP contribution is 2.38. The lowest BCUT2D eigenvalue weighted by Crippen LogP contribution is -2.21. The normalized spacial score (nSPS) is 13.4. The highest BCUT2D eigenvalue weighted by atomic mass is 16.5. The molecule has 0 bridgehead atoms. The lowest BCUT2D eigenvalue weighted by atomic mass is 10.0. The number of aromatic nitrogens is 3. The van der Waals surface area contributed by atoms with Gasteiger partial charge in [0.1, 0.15) is 11.6 Å². The maximum atomic E-state index is 5.61. The summed E-state index contributed by atoms with van der Waals surface area (Å²) >= 11 is 0. The maximum Gasteiger partial charge on any atom is 0.165 e. The SMILES string of the molecule is CCC(CC)Nc1c2c(nc3c(-c4ccccc4OC)c(C)nn13)CCC2. The van der Waals surface area contributed by atoms with Crippen molar-refractivity contribution in [1.82, 2.24) is 14.6 Å². The maximum absolute atomic E-state index is 5.61. The molecule has 0 spiro atoms. The van der Waals surface area contributed by atoms with Gasteiger partial charge in [0, 0.05) is 22.9 Å². The zero-order valence-electron chi connectivity index (χ0n) is 16.7. The van der Waals surface area contributed by atoms with Crippen LogP contribution in [0.25, 0.3) is 16.8 Å². The largest absolute Gasteiger partial charge is 0.496 e. The van der Waals surface area contributed by atoms with Gasteiger partial charge in [0.25, 0.3) is 0 Å². The number of hydrogen-bond acceptors (Lipinski definition) is 4. The molecule has 0 unspecified atom stereocenters. The molecule has 2 aromatic heterocycles. The predicted molar refractivity (Wildman–Crippen MR) is 110 cm³/mol. The van der Waals surface area contributed by atoms with E-state index in [1.807, 2.05) is 22.7 Å². The second kappa shape index (κ2) is 7.22. The van der Waals surface area contributed by atoms with Crippen LogP contribution in [0.5, 0.6) is 5.75 Å². The summed E-state index contributed by atoms with van der Waals surface area (Å²) in [5.74, 6) is 1.98. The molecule has 5 heteroatoms. The second-order valence-electron chi connectivity index (χ2n) is 7.29. The molecule has 0 saturated heterocycles. The number of methoxy groups -OCH3 is 1. The topological polar surface area (TPSA) is 51.5 Å². The molecule has 0 saturated carbocycles. The average Bonchev–Trinajstić information content (AvgIpc) is 3.29. The first-order chi connectivity index (χ1) is 13.2. The summed E-state index contributed by atoms with van der Waals surface area (Å²) in [6.45, 7) is 6.52. The first-order valence-corrected chi connectivity index (χ1v) is 9.98. The lowest BCUT2D eigenvalue weighted by molar-refractivity contribution is 0.416. The molecular weight excluding hydrogens is 336 g/mol. The van der Waals surface area contributed by atoms with E-state index in [0.717, 1.165) is 66.1 Å². The third kappa shape index (κ3) is 2.95. The highest BCUT2D eigenvalue weighted by molar-refractivity contribution is 5.85. The number of anilines is 1. The van der Waals surface area contributed by atoms with Gasteiger partial charge in [-0.05, 0) is 45.1 Å². The Bertz CT molecular complexity index is 972. The Hall–Kier alpha value is -2.56. The van der Waals surface area contributed by atoms with Crippen LogP contribution >= 0.6 is 0 Å². The van der Waals surface area contributed by atoms with Gasteiger partial charge in [-0.15, -0.1) is 0 Å².